The Kier molecular flexibility index (Phi) is 4.52. The zero-order chi connectivity index (χ0) is 15.4. The van der Waals surface area contributed by atoms with Crippen LogP contribution in [0.15, 0.2) is 18.3 Å². The zero-order valence-electron chi connectivity index (χ0n) is 12.0. The van der Waals surface area contributed by atoms with Gasteiger partial charge in [-0.15, -0.1) is 0 Å². The number of nitrogens with one attached hydrogen (secondary N) is 2. The van der Waals surface area contributed by atoms with Crippen LogP contribution in [0.1, 0.15) is 30.6 Å². The van der Waals surface area contributed by atoms with Crippen LogP contribution in [0.2, 0.25) is 0 Å². The fourth-order valence-corrected chi connectivity index (χ4v) is 2.08. The van der Waals surface area contributed by atoms with E-state index in [0.717, 1.165) is 6.42 Å². The molecular formula is C14H18N4O3. The minimum atomic E-state index is -0.686. The molecule has 7 nitrogen and oxygen atoms in total. The third kappa shape index (κ3) is 3.18. The van der Waals surface area contributed by atoms with Gasteiger partial charge in [0, 0.05) is 12.7 Å². The average molecular weight is 290 g/mol. The number of hydrogen-bond donors (Lipinski definition) is 2. The largest absolute Gasteiger partial charge is 0.369 e. The summed E-state index contributed by atoms with van der Waals surface area (Å²) in [7, 11) is 0. The van der Waals surface area contributed by atoms with Gasteiger partial charge in [0.15, 0.2) is 0 Å². The number of anilines is 1. The Labute approximate surface area is 122 Å². The summed E-state index contributed by atoms with van der Waals surface area (Å²) in [4.78, 5) is 41.1. The van der Waals surface area contributed by atoms with Crippen LogP contribution in [0.25, 0.3) is 0 Å². The molecule has 2 rings (SSSR count). The van der Waals surface area contributed by atoms with E-state index in [0.29, 0.717) is 17.9 Å². The van der Waals surface area contributed by atoms with Gasteiger partial charge in [0.25, 0.3) is 5.91 Å². The van der Waals surface area contributed by atoms with Gasteiger partial charge in [-0.05, 0) is 25.5 Å². The van der Waals surface area contributed by atoms with Gasteiger partial charge in [0.2, 0.25) is 11.8 Å². The summed E-state index contributed by atoms with van der Waals surface area (Å²) >= 11 is 0. The summed E-state index contributed by atoms with van der Waals surface area (Å²) in [5.74, 6) is -0.850. The molecule has 2 heterocycles. The van der Waals surface area contributed by atoms with Crippen LogP contribution in [-0.2, 0) is 9.59 Å². The van der Waals surface area contributed by atoms with Crippen molar-refractivity contribution < 1.29 is 14.4 Å². The van der Waals surface area contributed by atoms with Gasteiger partial charge in [0.05, 0.1) is 5.56 Å². The molecule has 0 aromatic carbocycles. The number of carbonyl (C=O) groups excluding carboxylic acids is 3. The molecule has 112 valence electrons. The van der Waals surface area contributed by atoms with Crippen molar-refractivity contribution in [2.24, 2.45) is 0 Å². The van der Waals surface area contributed by atoms with E-state index in [-0.39, 0.29) is 12.5 Å². The Morgan fingerprint density at radius 3 is 3.00 bits per heavy atom. The number of piperazine rings is 1. The molecule has 1 fully saturated rings. The normalized spacial score (nSPS) is 18.4. The highest BCUT2D eigenvalue weighted by atomic mass is 16.2. The van der Waals surface area contributed by atoms with E-state index in [1.54, 1.807) is 25.3 Å². The fourth-order valence-electron chi connectivity index (χ4n) is 2.08. The summed E-state index contributed by atoms with van der Waals surface area (Å²) in [6.07, 6.45) is 2.48. The van der Waals surface area contributed by atoms with Gasteiger partial charge in [-0.2, -0.15) is 0 Å². The Hall–Kier alpha value is -2.44. The van der Waals surface area contributed by atoms with E-state index >= 15 is 0 Å². The van der Waals surface area contributed by atoms with Crippen molar-refractivity contribution >= 4 is 23.5 Å². The third-order valence-corrected chi connectivity index (χ3v) is 3.26. The fraction of sp³-hybridized carbons (Fsp3) is 0.429. The number of nitrogens with zero attached hydrogens (tertiary/aromatic N) is 2. The average Bonchev–Trinajstić information content (AvgIpc) is 2.48. The van der Waals surface area contributed by atoms with Crippen molar-refractivity contribution in [1.29, 1.82) is 0 Å². The molecule has 7 heteroatoms. The van der Waals surface area contributed by atoms with Crippen LogP contribution in [0.3, 0.4) is 0 Å². The maximum Gasteiger partial charge on any atom is 0.258 e. The van der Waals surface area contributed by atoms with Gasteiger partial charge in [-0.3, -0.25) is 19.7 Å². The van der Waals surface area contributed by atoms with Crippen molar-refractivity contribution in [3.8, 4) is 0 Å². The lowest BCUT2D eigenvalue weighted by Crippen LogP contribution is -2.58. The second-order valence-electron chi connectivity index (χ2n) is 4.85. The van der Waals surface area contributed by atoms with Crippen LogP contribution in [0, 0.1) is 0 Å². The Morgan fingerprint density at radius 2 is 2.29 bits per heavy atom. The van der Waals surface area contributed by atoms with Crippen LogP contribution < -0.4 is 10.6 Å². The second-order valence-corrected chi connectivity index (χ2v) is 4.85. The van der Waals surface area contributed by atoms with E-state index < -0.39 is 17.9 Å². The summed E-state index contributed by atoms with van der Waals surface area (Å²) in [5, 5.41) is 5.29. The Bertz CT molecular complexity index is 573. The molecule has 1 aliphatic rings. The summed E-state index contributed by atoms with van der Waals surface area (Å²) in [5.41, 5.74) is 0.361. The minimum absolute atomic E-state index is 0.131. The topological polar surface area (TPSA) is 91.4 Å². The predicted molar refractivity (Wildman–Crippen MR) is 76.7 cm³/mol. The summed E-state index contributed by atoms with van der Waals surface area (Å²) < 4.78 is 0. The highest BCUT2D eigenvalue weighted by Gasteiger charge is 2.34. The van der Waals surface area contributed by atoms with Crippen molar-refractivity contribution in [3.05, 3.63) is 23.9 Å². The molecule has 0 bridgehead atoms. The summed E-state index contributed by atoms with van der Waals surface area (Å²) in [6, 6.07) is 2.60. The highest BCUT2D eigenvalue weighted by molar-refractivity contribution is 6.08. The first-order chi connectivity index (χ1) is 10.0. The third-order valence-electron chi connectivity index (χ3n) is 3.26. The summed E-state index contributed by atoms with van der Waals surface area (Å²) in [6.45, 7) is 4.16. The van der Waals surface area contributed by atoms with Crippen LogP contribution >= 0.6 is 0 Å². The Morgan fingerprint density at radius 1 is 1.52 bits per heavy atom. The maximum absolute atomic E-state index is 12.6. The van der Waals surface area contributed by atoms with E-state index in [1.807, 2.05) is 6.92 Å². The SMILES string of the molecule is CCCNc1ncccc1C(=O)N1CC(=O)NC(=O)C1C. The quantitative estimate of drug-likeness (QED) is 0.783. The number of amides is 3. The number of rotatable bonds is 4. The van der Waals surface area contributed by atoms with Crippen LogP contribution in [-0.4, -0.2) is 46.7 Å². The van der Waals surface area contributed by atoms with E-state index in [2.05, 4.69) is 15.6 Å². The van der Waals surface area contributed by atoms with E-state index in [4.69, 9.17) is 0 Å². The van der Waals surface area contributed by atoms with Gasteiger partial charge < -0.3 is 10.2 Å². The molecule has 21 heavy (non-hydrogen) atoms. The van der Waals surface area contributed by atoms with Gasteiger partial charge in [-0.25, -0.2) is 4.98 Å². The molecule has 3 amide bonds. The molecule has 1 aromatic heterocycles. The molecule has 1 unspecified atom stereocenters. The number of aromatic nitrogens is 1. The van der Waals surface area contributed by atoms with Crippen LogP contribution in [0.4, 0.5) is 5.82 Å². The molecule has 1 aliphatic heterocycles. The molecular weight excluding hydrogens is 272 g/mol. The van der Waals surface area contributed by atoms with Crippen molar-refractivity contribution in [1.82, 2.24) is 15.2 Å². The number of pyridine rings is 1. The Balaban J connectivity index is 2.26. The number of imide groups is 1. The van der Waals surface area contributed by atoms with Gasteiger partial charge >= 0.3 is 0 Å². The first kappa shape index (κ1) is 15.0. The zero-order valence-corrected chi connectivity index (χ0v) is 12.0. The monoisotopic (exact) mass is 290 g/mol. The molecule has 0 aliphatic carbocycles. The van der Waals surface area contributed by atoms with E-state index in [9.17, 15) is 14.4 Å². The smallest absolute Gasteiger partial charge is 0.258 e. The lowest BCUT2D eigenvalue weighted by Gasteiger charge is -2.32. The molecule has 0 saturated carbocycles. The lowest BCUT2D eigenvalue weighted by molar-refractivity contribution is -0.138. The lowest BCUT2D eigenvalue weighted by atomic mass is 10.1. The van der Waals surface area contributed by atoms with Crippen molar-refractivity contribution in [3.63, 3.8) is 0 Å². The predicted octanol–water partition coefficient (Wildman–Crippen LogP) is 0.391. The van der Waals surface area contributed by atoms with Crippen molar-refractivity contribution in [2.75, 3.05) is 18.4 Å². The highest BCUT2D eigenvalue weighted by Crippen LogP contribution is 2.17. The van der Waals surface area contributed by atoms with Crippen molar-refractivity contribution in [2.45, 2.75) is 26.3 Å². The molecule has 1 saturated heterocycles. The first-order valence-electron chi connectivity index (χ1n) is 6.88. The van der Waals surface area contributed by atoms with Gasteiger partial charge in [-0.1, -0.05) is 6.92 Å². The molecule has 2 N–H and O–H groups in total. The number of hydrogen-bond acceptors (Lipinski definition) is 5. The first-order valence-corrected chi connectivity index (χ1v) is 6.88. The standard InChI is InChI=1S/C14H18N4O3/c1-3-6-15-12-10(5-4-7-16-12)14(21)18-8-11(19)17-13(20)9(18)2/h4-5,7,9H,3,6,8H2,1-2H3,(H,15,16)(H,17,19,20). The molecule has 0 spiro atoms. The maximum atomic E-state index is 12.6. The minimum Gasteiger partial charge on any atom is -0.369 e. The second kappa shape index (κ2) is 6.34. The number of carbonyl (C=O) groups is 3. The van der Waals surface area contributed by atoms with Crippen LogP contribution in [0.5, 0.6) is 0 Å². The molecule has 0 radical (unpaired) electrons. The molecule has 1 atom stereocenters. The molecule has 1 aromatic rings. The van der Waals surface area contributed by atoms with E-state index in [1.165, 1.54) is 4.90 Å². The van der Waals surface area contributed by atoms with Gasteiger partial charge in [0.1, 0.15) is 18.4 Å².